The van der Waals surface area contributed by atoms with E-state index in [0.29, 0.717) is 11.4 Å². The Kier molecular flexibility index (Phi) is 5.73. The van der Waals surface area contributed by atoms with Crippen molar-refractivity contribution in [3.05, 3.63) is 24.3 Å². The van der Waals surface area contributed by atoms with Gasteiger partial charge < -0.3 is 20.3 Å². The van der Waals surface area contributed by atoms with Gasteiger partial charge in [0.2, 0.25) is 0 Å². The van der Waals surface area contributed by atoms with Crippen LogP contribution < -0.4 is 16.0 Å². The molecule has 0 bridgehead atoms. The number of amides is 3. The number of ether oxygens (including phenoxy) is 1. The molecule has 0 fully saturated rings. The third-order valence-electron chi connectivity index (χ3n) is 2.22. The Balaban J connectivity index is 2.77. The van der Waals surface area contributed by atoms with Crippen LogP contribution in [0.4, 0.5) is 21.0 Å². The Morgan fingerprint density at radius 2 is 1.70 bits per heavy atom. The first-order chi connectivity index (χ1) is 9.43. The Hall–Kier alpha value is -2.35. The Bertz CT molecular complexity index is 519. The molecule has 1 aromatic carbocycles. The van der Waals surface area contributed by atoms with Gasteiger partial charge in [-0.3, -0.25) is 5.32 Å². The largest absolute Gasteiger partial charge is 0.453 e. The minimum absolute atomic E-state index is 0.0726. The van der Waals surface area contributed by atoms with E-state index in [2.05, 4.69) is 20.7 Å². The summed E-state index contributed by atoms with van der Waals surface area (Å²) in [5, 5.41) is 7.90. The van der Waals surface area contributed by atoms with Gasteiger partial charge in [-0.1, -0.05) is 12.1 Å². The average Bonchev–Trinajstić information content (AvgIpc) is 2.40. The van der Waals surface area contributed by atoms with E-state index in [1.165, 1.54) is 12.0 Å². The average molecular weight is 296 g/mol. The number of nitrogens with zero attached hydrogens (tertiary/aromatic N) is 1. The molecule has 108 valence electrons. The molecule has 20 heavy (non-hydrogen) atoms. The molecule has 0 saturated heterocycles. The highest BCUT2D eigenvalue weighted by Gasteiger charge is 2.10. The molecular formula is C12H16N4O3S. The first kappa shape index (κ1) is 15.7. The molecule has 1 rings (SSSR count). The molecule has 3 amide bonds. The number of nitrogens with one attached hydrogen (secondary N) is 3. The molecule has 0 heterocycles. The summed E-state index contributed by atoms with van der Waals surface area (Å²) >= 11 is 4.96. The predicted molar refractivity (Wildman–Crippen MR) is 80.9 cm³/mol. The zero-order chi connectivity index (χ0) is 15.1. The number of benzene rings is 1. The molecule has 0 saturated carbocycles. The van der Waals surface area contributed by atoms with Crippen LogP contribution in [-0.2, 0) is 4.74 Å². The first-order valence-corrected chi connectivity index (χ1v) is 6.08. The maximum Gasteiger partial charge on any atom is 0.413 e. The van der Waals surface area contributed by atoms with Crippen LogP contribution in [0.15, 0.2) is 24.3 Å². The predicted octanol–water partition coefficient (Wildman–Crippen LogP) is 1.83. The smallest absolute Gasteiger partial charge is 0.413 e. The quantitative estimate of drug-likeness (QED) is 0.725. The normalized spacial score (nSPS) is 9.35. The van der Waals surface area contributed by atoms with Crippen molar-refractivity contribution < 1.29 is 14.3 Å². The van der Waals surface area contributed by atoms with E-state index in [9.17, 15) is 9.59 Å². The molecule has 0 aliphatic heterocycles. The van der Waals surface area contributed by atoms with E-state index in [0.717, 1.165) is 0 Å². The van der Waals surface area contributed by atoms with Gasteiger partial charge in [0.05, 0.1) is 18.5 Å². The van der Waals surface area contributed by atoms with E-state index in [-0.39, 0.29) is 11.1 Å². The number of methoxy groups -OCH3 is 1. The summed E-state index contributed by atoms with van der Waals surface area (Å²) < 4.78 is 4.43. The molecule has 0 aromatic heterocycles. The standard InChI is InChI=1S/C12H16N4O3S/c1-16(2)11(17)14-9-7-5-4-6-8(9)13-10(20)15-12(18)19-3/h4-7H,1-3H3,(H,14,17)(H2,13,15,18,20). The van der Waals surface area contributed by atoms with Gasteiger partial charge in [-0.2, -0.15) is 0 Å². The second-order valence-corrected chi connectivity index (χ2v) is 4.35. The van der Waals surface area contributed by atoms with E-state index in [1.807, 2.05) is 0 Å². The molecule has 3 N–H and O–H groups in total. The van der Waals surface area contributed by atoms with Crippen LogP contribution in [-0.4, -0.2) is 43.3 Å². The summed E-state index contributed by atoms with van der Waals surface area (Å²) in [5.41, 5.74) is 1.10. The summed E-state index contributed by atoms with van der Waals surface area (Å²) in [6.45, 7) is 0. The summed E-state index contributed by atoms with van der Waals surface area (Å²) in [6.07, 6.45) is -0.669. The summed E-state index contributed by atoms with van der Waals surface area (Å²) in [4.78, 5) is 24.1. The lowest BCUT2D eigenvalue weighted by Gasteiger charge is -2.16. The Labute approximate surface area is 122 Å². The number of carbonyl (C=O) groups is 2. The topological polar surface area (TPSA) is 82.7 Å². The van der Waals surface area contributed by atoms with Gasteiger partial charge in [-0.15, -0.1) is 0 Å². The number of carbonyl (C=O) groups excluding carboxylic acids is 2. The third-order valence-corrected chi connectivity index (χ3v) is 2.43. The van der Waals surface area contributed by atoms with Gasteiger partial charge in [0.15, 0.2) is 5.11 Å². The van der Waals surface area contributed by atoms with E-state index < -0.39 is 6.09 Å². The fraction of sp³-hybridized carbons (Fsp3) is 0.250. The van der Waals surface area contributed by atoms with Crippen LogP contribution in [0.5, 0.6) is 0 Å². The van der Waals surface area contributed by atoms with Gasteiger partial charge in [-0.25, -0.2) is 9.59 Å². The number of anilines is 2. The lowest BCUT2D eigenvalue weighted by Crippen LogP contribution is -2.34. The highest BCUT2D eigenvalue weighted by Crippen LogP contribution is 2.21. The van der Waals surface area contributed by atoms with Gasteiger partial charge in [0, 0.05) is 14.1 Å². The molecule has 1 aromatic rings. The molecule has 0 radical (unpaired) electrons. The van der Waals surface area contributed by atoms with Crippen LogP contribution in [0, 0.1) is 0 Å². The zero-order valence-corrected chi connectivity index (χ0v) is 12.2. The maximum absolute atomic E-state index is 11.6. The highest BCUT2D eigenvalue weighted by atomic mass is 32.1. The van der Waals surface area contributed by atoms with Gasteiger partial charge in [-0.05, 0) is 24.4 Å². The van der Waals surface area contributed by atoms with Crippen molar-refractivity contribution in [2.45, 2.75) is 0 Å². The van der Waals surface area contributed by atoms with Crippen LogP contribution in [0.25, 0.3) is 0 Å². The zero-order valence-electron chi connectivity index (χ0n) is 11.4. The molecular weight excluding hydrogens is 280 g/mol. The van der Waals surface area contributed by atoms with Crippen molar-refractivity contribution >= 4 is 40.8 Å². The minimum Gasteiger partial charge on any atom is -0.453 e. The summed E-state index contributed by atoms with van der Waals surface area (Å²) in [6, 6.07) is 6.70. The first-order valence-electron chi connectivity index (χ1n) is 5.67. The molecule has 0 spiro atoms. The second kappa shape index (κ2) is 7.29. The number of thiocarbonyl (C=S) groups is 1. The third kappa shape index (κ3) is 4.73. The second-order valence-electron chi connectivity index (χ2n) is 3.94. The molecule has 0 aliphatic rings. The van der Waals surface area contributed by atoms with Crippen LogP contribution in [0.3, 0.4) is 0 Å². The lowest BCUT2D eigenvalue weighted by atomic mass is 10.2. The number of alkyl carbamates (subject to hydrolysis) is 1. The van der Waals surface area contributed by atoms with Crippen molar-refractivity contribution in [3.63, 3.8) is 0 Å². The van der Waals surface area contributed by atoms with E-state index >= 15 is 0 Å². The van der Waals surface area contributed by atoms with Gasteiger partial charge >= 0.3 is 12.1 Å². The fourth-order valence-corrected chi connectivity index (χ4v) is 1.42. The fourth-order valence-electron chi connectivity index (χ4n) is 1.23. The van der Waals surface area contributed by atoms with Crippen LogP contribution in [0.1, 0.15) is 0 Å². The van der Waals surface area contributed by atoms with Crippen molar-refractivity contribution in [2.24, 2.45) is 0 Å². The number of hydrogen-bond acceptors (Lipinski definition) is 4. The van der Waals surface area contributed by atoms with Crippen molar-refractivity contribution in [2.75, 3.05) is 31.8 Å². The van der Waals surface area contributed by atoms with Crippen molar-refractivity contribution in [3.8, 4) is 0 Å². The van der Waals surface area contributed by atoms with E-state index in [4.69, 9.17) is 12.2 Å². The Morgan fingerprint density at radius 1 is 1.15 bits per heavy atom. The molecule has 0 unspecified atom stereocenters. The lowest BCUT2D eigenvalue weighted by molar-refractivity contribution is 0.177. The molecule has 0 aliphatic carbocycles. The number of rotatable bonds is 2. The van der Waals surface area contributed by atoms with Gasteiger partial charge in [0.1, 0.15) is 0 Å². The monoisotopic (exact) mass is 296 g/mol. The van der Waals surface area contributed by atoms with Crippen molar-refractivity contribution in [1.29, 1.82) is 0 Å². The van der Waals surface area contributed by atoms with Gasteiger partial charge in [0.25, 0.3) is 0 Å². The number of hydrogen-bond donors (Lipinski definition) is 3. The summed E-state index contributed by atoms with van der Waals surface area (Å²) in [5.74, 6) is 0. The minimum atomic E-state index is -0.669. The molecule has 0 atom stereocenters. The van der Waals surface area contributed by atoms with Crippen LogP contribution >= 0.6 is 12.2 Å². The number of urea groups is 1. The van der Waals surface area contributed by atoms with E-state index in [1.54, 1.807) is 38.4 Å². The van der Waals surface area contributed by atoms with Crippen LogP contribution in [0.2, 0.25) is 0 Å². The maximum atomic E-state index is 11.6. The Morgan fingerprint density at radius 3 is 2.20 bits per heavy atom. The number of para-hydroxylation sites is 2. The highest BCUT2D eigenvalue weighted by molar-refractivity contribution is 7.80. The molecule has 7 nitrogen and oxygen atoms in total. The SMILES string of the molecule is COC(=O)NC(=S)Nc1ccccc1NC(=O)N(C)C. The molecule has 8 heteroatoms. The summed E-state index contributed by atoms with van der Waals surface area (Å²) in [7, 11) is 4.51. The van der Waals surface area contributed by atoms with Crippen molar-refractivity contribution in [1.82, 2.24) is 10.2 Å².